The van der Waals surface area contributed by atoms with Crippen LogP contribution in [0.4, 0.5) is 0 Å². The number of amides is 1. The quantitative estimate of drug-likeness (QED) is 0.591. The van der Waals surface area contributed by atoms with Gasteiger partial charge in [0.05, 0.1) is 0 Å². The van der Waals surface area contributed by atoms with Crippen molar-refractivity contribution < 1.29 is 14.7 Å². The first-order valence-electron chi connectivity index (χ1n) is 4.90. The molecule has 2 heterocycles. The minimum atomic E-state index is -1.08. The summed E-state index contributed by atoms with van der Waals surface area (Å²) in [6.45, 7) is 1.14. The third-order valence-corrected chi connectivity index (χ3v) is 2.52. The molecular weight excluding hydrogens is 212 g/mol. The molecule has 2 rings (SSSR count). The minimum Gasteiger partial charge on any atom is -0.476 e. The van der Waals surface area contributed by atoms with Crippen molar-refractivity contribution in [2.24, 2.45) is 5.73 Å². The summed E-state index contributed by atoms with van der Waals surface area (Å²) >= 11 is 0. The third kappa shape index (κ3) is 1.76. The summed E-state index contributed by atoms with van der Waals surface area (Å²) in [7, 11) is 0. The molecule has 0 bridgehead atoms. The van der Waals surface area contributed by atoms with Crippen molar-refractivity contribution in [2.45, 2.75) is 19.5 Å². The number of fused-ring (bicyclic) bond motifs is 1. The Labute approximate surface area is 91.2 Å². The second-order valence-electron chi connectivity index (χ2n) is 3.63. The fourth-order valence-electron chi connectivity index (χ4n) is 1.87. The van der Waals surface area contributed by atoms with E-state index in [1.165, 1.54) is 4.68 Å². The number of carboxylic acid groups (broad SMARTS) is 1. The van der Waals surface area contributed by atoms with Gasteiger partial charge in [-0.05, 0) is 0 Å². The van der Waals surface area contributed by atoms with Crippen LogP contribution in [-0.4, -0.2) is 33.3 Å². The summed E-state index contributed by atoms with van der Waals surface area (Å²) in [5.41, 5.74) is 6.52. The van der Waals surface area contributed by atoms with Gasteiger partial charge in [-0.2, -0.15) is 5.10 Å². The van der Waals surface area contributed by atoms with Crippen LogP contribution in [-0.2, 0) is 24.3 Å². The summed E-state index contributed by atoms with van der Waals surface area (Å²) in [5.74, 6) is -1.61. The number of nitrogens with one attached hydrogen (secondary N) is 1. The zero-order chi connectivity index (χ0) is 11.7. The molecule has 1 aliphatic rings. The van der Waals surface area contributed by atoms with Crippen molar-refractivity contribution in [3.63, 3.8) is 0 Å². The van der Waals surface area contributed by atoms with Gasteiger partial charge in [0.2, 0.25) is 5.91 Å². The highest BCUT2D eigenvalue weighted by Gasteiger charge is 2.24. The Bertz CT molecular complexity index is 452. The Morgan fingerprint density at radius 2 is 2.31 bits per heavy atom. The highest BCUT2D eigenvalue weighted by molar-refractivity contribution is 5.87. The van der Waals surface area contributed by atoms with Gasteiger partial charge in [0.1, 0.15) is 6.54 Å². The Balaban J connectivity index is 2.45. The normalized spacial score (nSPS) is 14.5. The highest BCUT2D eigenvalue weighted by Crippen LogP contribution is 2.18. The second kappa shape index (κ2) is 3.93. The molecule has 1 amide bonds. The van der Waals surface area contributed by atoms with Crippen molar-refractivity contribution >= 4 is 11.9 Å². The third-order valence-electron chi connectivity index (χ3n) is 2.52. The van der Waals surface area contributed by atoms with E-state index < -0.39 is 11.9 Å². The van der Waals surface area contributed by atoms with Crippen molar-refractivity contribution in [1.29, 1.82) is 0 Å². The lowest BCUT2D eigenvalue weighted by Crippen LogP contribution is -2.27. The lowest BCUT2D eigenvalue weighted by atomic mass is 10.1. The van der Waals surface area contributed by atoms with E-state index >= 15 is 0 Å². The van der Waals surface area contributed by atoms with Crippen LogP contribution >= 0.6 is 0 Å². The van der Waals surface area contributed by atoms with Crippen LogP contribution in [0.25, 0.3) is 0 Å². The second-order valence-corrected chi connectivity index (χ2v) is 3.63. The van der Waals surface area contributed by atoms with Crippen LogP contribution in [0.15, 0.2) is 0 Å². The SMILES string of the molecule is NC(=O)Cn1nc(C(=O)O)c2c1CCNC2. The summed E-state index contributed by atoms with van der Waals surface area (Å²) in [5, 5.41) is 15.9. The number of aromatic carboxylic acids is 1. The summed E-state index contributed by atoms with van der Waals surface area (Å²) in [4.78, 5) is 21.8. The van der Waals surface area contributed by atoms with Crippen LogP contribution in [0.3, 0.4) is 0 Å². The first kappa shape index (κ1) is 10.6. The number of carbonyl (C=O) groups excluding carboxylic acids is 1. The van der Waals surface area contributed by atoms with E-state index in [0.717, 1.165) is 12.2 Å². The van der Waals surface area contributed by atoms with Crippen LogP contribution in [0.1, 0.15) is 21.7 Å². The number of rotatable bonds is 3. The molecular formula is C9H12N4O3. The molecule has 0 unspecified atom stereocenters. The van der Waals surface area contributed by atoms with Gasteiger partial charge in [0, 0.05) is 30.8 Å². The number of hydrogen-bond acceptors (Lipinski definition) is 4. The zero-order valence-corrected chi connectivity index (χ0v) is 8.56. The summed E-state index contributed by atoms with van der Waals surface area (Å²) < 4.78 is 1.39. The topological polar surface area (TPSA) is 110 Å². The monoisotopic (exact) mass is 224 g/mol. The Morgan fingerprint density at radius 1 is 1.56 bits per heavy atom. The minimum absolute atomic E-state index is 0.00319. The molecule has 1 aromatic heterocycles. The lowest BCUT2D eigenvalue weighted by Gasteiger charge is -2.14. The Kier molecular flexibility index (Phi) is 2.61. The molecule has 0 saturated carbocycles. The Morgan fingerprint density at radius 3 is 2.94 bits per heavy atom. The molecule has 7 heteroatoms. The first-order valence-corrected chi connectivity index (χ1v) is 4.90. The first-order chi connectivity index (χ1) is 7.59. The average molecular weight is 224 g/mol. The van der Waals surface area contributed by atoms with E-state index in [4.69, 9.17) is 10.8 Å². The highest BCUT2D eigenvalue weighted by atomic mass is 16.4. The zero-order valence-electron chi connectivity index (χ0n) is 8.56. The lowest BCUT2D eigenvalue weighted by molar-refractivity contribution is -0.118. The molecule has 0 atom stereocenters. The van der Waals surface area contributed by atoms with Crippen LogP contribution in [0.2, 0.25) is 0 Å². The number of nitrogens with two attached hydrogens (primary N) is 1. The maximum absolute atomic E-state index is 11.0. The van der Waals surface area contributed by atoms with E-state index in [1.54, 1.807) is 0 Å². The van der Waals surface area contributed by atoms with Crippen LogP contribution in [0, 0.1) is 0 Å². The van der Waals surface area contributed by atoms with E-state index in [2.05, 4.69) is 10.4 Å². The molecule has 0 radical (unpaired) electrons. The maximum Gasteiger partial charge on any atom is 0.356 e. The molecule has 86 valence electrons. The summed E-state index contributed by atoms with van der Waals surface area (Å²) in [6, 6.07) is 0. The Hall–Kier alpha value is -1.89. The molecule has 0 aromatic carbocycles. The molecule has 7 nitrogen and oxygen atoms in total. The van der Waals surface area contributed by atoms with Gasteiger partial charge in [0.15, 0.2) is 5.69 Å². The molecule has 0 aliphatic carbocycles. The number of carboxylic acids is 1. The predicted molar refractivity (Wildman–Crippen MR) is 53.8 cm³/mol. The van der Waals surface area contributed by atoms with E-state index in [-0.39, 0.29) is 12.2 Å². The van der Waals surface area contributed by atoms with Gasteiger partial charge >= 0.3 is 5.97 Å². The molecule has 1 aliphatic heterocycles. The van der Waals surface area contributed by atoms with Gasteiger partial charge in [0.25, 0.3) is 0 Å². The standard InChI is InChI=1S/C9H12N4O3/c10-7(14)4-13-6-1-2-11-3-5(6)8(12-13)9(15)16/h11H,1-4H2,(H2,10,14)(H,15,16). The van der Waals surface area contributed by atoms with Crippen molar-refractivity contribution in [1.82, 2.24) is 15.1 Å². The summed E-state index contributed by atoms with van der Waals surface area (Å²) in [6.07, 6.45) is 0.656. The maximum atomic E-state index is 11.0. The number of hydrogen-bond donors (Lipinski definition) is 3. The van der Waals surface area contributed by atoms with Crippen molar-refractivity contribution in [3.05, 3.63) is 17.0 Å². The molecule has 0 saturated heterocycles. The molecule has 1 aromatic rings. The van der Waals surface area contributed by atoms with E-state index in [9.17, 15) is 9.59 Å². The van der Waals surface area contributed by atoms with Crippen molar-refractivity contribution in [2.75, 3.05) is 6.54 Å². The fraction of sp³-hybridized carbons (Fsp3) is 0.444. The largest absolute Gasteiger partial charge is 0.476 e. The van der Waals surface area contributed by atoms with Crippen LogP contribution in [0.5, 0.6) is 0 Å². The number of primary amides is 1. The smallest absolute Gasteiger partial charge is 0.356 e. The fourth-order valence-corrected chi connectivity index (χ4v) is 1.87. The predicted octanol–water partition coefficient (Wildman–Crippen LogP) is -1.29. The van der Waals surface area contributed by atoms with Crippen LogP contribution < -0.4 is 11.1 Å². The molecule has 0 fully saturated rings. The van der Waals surface area contributed by atoms with Gasteiger partial charge in [-0.15, -0.1) is 0 Å². The van der Waals surface area contributed by atoms with E-state index in [1.807, 2.05) is 0 Å². The number of nitrogens with zero attached hydrogens (tertiary/aromatic N) is 2. The van der Waals surface area contributed by atoms with Gasteiger partial charge in [-0.1, -0.05) is 0 Å². The molecule has 4 N–H and O–H groups in total. The number of carbonyl (C=O) groups is 2. The van der Waals surface area contributed by atoms with Gasteiger partial charge in [-0.3, -0.25) is 9.48 Å². The van der Waals surface area contributed by atoms with Gasteiger partial charge in [-0.25, -0.2) is 4.79 Å². The average Bonchev–Trinajstić information content (AvgIpc) is 2.57. The molecule has 0 spiro atoms. The van der Waals surface area contributed by atoms with E-state index in [0.29, 0.717) is 18.5 Å². The van der Waals surface area contributed by atoms with Crippen molar-refractivity contribution in [3.8, 4) is 0 Å². The van der Waals surface area contributed by atoms with Gasteiger partial charge < -0.3 is 16.2 Å². The molecule has 16 heavy (non-hydrogen) atoms. The number of aromatic nitrogens is 2.